The first-order valence-corrected chi connectivity index (χ1v) is 36.1. The number of nitrogens with zero attached hydrogens (tertiary/aromatic N) is 2. The van der Waals surface area contributed by atoms with Crippen molar-refractivity contribution in [3.63, 3.8) is 0 Å². The Morgan fingerprint density at radius 2 is 0.369 bits per heavy atom. The number of aromatic nitrogens is 2. The maximum atomic E-state index is 6.82. The number of hydrogen-bond donors (Lipinski definition) is 0. The second-order valence-electron chi connectivity index (χ2n) is 24.9. The Morgan fingerprint density at radius 1 is 0.202 bits per heavy atom. The van der Waals surface area contributed by atoms with Crippen LogP contribution in [0.3, 0.4) is 0 Å². The van der Waals surface area contributed by atoms with Gasteiger partial charge in [-0.1, -0.05) is 286 Å². The van der Waals surface area contributed by atoms with Crippen LogP contribution in [-0.4, -0.2) is 49.6 Å². The highest BCUT2D eigenvalue weighted by Crippen LogP contribution is 2.45. The van der Waals surface area contributed by atoms with Gasteiger partial charge >= 0.3 is 0 Å². The third-order valence-corrected chi connectivity index (χ3v) is 17.2. The summed E-state index contributed by atoms with van der Waals surface area (Å²) >= 11 is 0. The van der Waals surface area contributed by atoms with Crippen molar-refractivity contribution < 1.29 is 28.4 Å². The summed E-state index contributed by atoms with van der Waals surface area (Å²) in [6, 6.07) is 13.1. The zero-order valence-electron chi connectivity index (χ0n) is 55.2. The third-order valence-electron chi connectivity index (χ3n) is 17.2. The Bertz CT molecular complexity index is 2290. The molecule has 8 nitrogen and oxygen atoms in total. The molecule has 1 heterocycles. The molecule has 0 bridgehead atoms. The summed E-state index contributed by atoms with van der Waals surface area (Å²) in [5.74, 6) is 4.66. The molecule has 84 heavy (non-hydrogen) atoms. The molecule has 0 saturated heterocycles. The van der Waals surface area contributed by atoms with Gasteiger partial charge in [0.15, 0.2) is 34.5 Å². The molecule has 0 aliphatic heterocycles. The smallest absolute Gasteiger partial charge is 0.163 e. The van der Waals surface area contributed by atoms with E-state index in [2.05, 4.69) is 77.9 Å². The first-order chi connectivity index (χ1) is 41.6. The molecule has 474 valence electrons. The summed E-state index contributed by atoms with van der Waals surface area (Å²) in [5.41, 5.74) is 3.26. The van der Waals surface area contributed by atoms with Crippen LogP contribution in [0.2, 0.25) is 0 Å². The zero-order chi connectivity index (χ0) is 59.3. The molecule has 8 heteroatoms. The van der Waals surface area contributed by atoms with E-state index < -0.39 is 0 Å². The summed E-state index contributed by atoms with van der Waals surface area (Å²) in [4.78, 5) is 11.3. The number of benzene rings is 4. The van der Waals surface area contributed by atoms with E-state index in [1.54, 1.807) is 0 Å². The Balaban J connectivity index is 1.58. The highest BCUT2D eigenvalue weighted by molar-refractivity contribution is 6.25. The molecule has 5 rings (SSSR count). The predicted octanol–water partition coefficient (Wildman–Crippen LogP) is 24.6. The molecule has 0 spiro atoms. The molecule has 0 aliphatic rings. The van der Waals surface area contributed by atoms with E-state index in [1.165, 1.54) is 218 Å². The molecule has 4 aromatic carbocycles. The predicted molar refractivity (Wildman–Crippen MR) is 362 cm³/mol. The lowest BCUT2D eigenvalue weighted by Gasteiger charge is -2.19. The van der Waals surface area contributed by atoms with Crippen molar-refractivity contribution >= 4 is 43.6 Å². The Hall–Kier alpha value is -4.20. The van der Waals surface area contributed by atoms with Crippen LogP contribution < -0.4 is 28.4 Å². The van der Waals surface area contributed by atoms with E-state index in [9.17, 15) is 0 Å². The Kier molecular flexibility index (Phi) is 38.7. The second-order valence-corrected chi connectivity index (χ2v) is 24.9. The molecule has 0 atom stereocenters. The second kappa shape index (κ2) is 46.0. The SMILES string of the molecule is CCCCCCCCCCCCOc1cc2nc3c4cc(OCCCCCCCC)c(OCCCCCCCC)cc4c4cc(OCCCCCCCC)c(OCCCCCCCC)cc4c3nc2cc1OCCCCCCCCCCCC. The number of hydrogen-bond acceptors (Lipinski definition) is 8. The van der Waals surface area contributed by atoms with Crippen LogP contribution in [0.1, 0.15) is 324 Å². The van der Waals surface area contributed by atoms with Gasteiger partial charge in [0.2, 0.25) is 0 Å². The third kappa shape index (κ3) is 27.2. The minimum atomic E-state index is 0.641. The van der Waals surface area contributed by atoms with Gasteiger partial charge in [-0.15, -0.1) is 0 Å². The van der Waals surface area contributed by atoms with Crippen LogP contribution in [0.15, 0.2) is 36.4 Å². The molecule has 0 amide bonds. The van der Waals surface area contributed by atoms with Crippen molar-refractivity contribution in [2.75, 3.05) is 39.6 Å². The molecule has 0 N–H and O–H groups in total. The van der Waals surface area contributed by atoms with Crippen molar-refractivity contribution in [2.24, 2.45) is 0 Å². The average molecular weight is 1160 g/mol. The molecular weight excluding hydrogens is 1040 g/mol. The van der Waals surface area contributed by atoms with Gasteiger partial charge in [0.1, 0.15) is 0 Å². The van der Waals surface area contributed by atoms with Gasteiger partial charge in [0, 0.05) is 22.9 Å². The normalized spacial score (nSPS) is 11.7. The summed E-state index contributed by atoms with van der Waals surface area (Å²) in [6.07, 6.45) is 54.6. The van der Waals surface area contributed by atoms with Gasteiger partial charge in [-0.3, -0.25) is 0 Å². The van der Waals surface area contributed by atoms with Crippen LogP contribution in [0.4, 0.5) is 0 Å². The topological polar surface area (TPSA) is 81.2 Å². The quantitative estimate of drug-likeness (QED) is 0.0216. The number of ether oxygens (including phenoxy) is 6. The van der Waals surface area contributed by atoms with Crippen molar-refractivity contribution in [1.29, 1.82) is 0 Å². The Labute approximate surface area is 514 Å². The monoisotopic (exact) mass is 1160 g/mol. The van der Waals surface area contributed by atoms with Crippen molar-refractivity contribution in [2.45, 2.75) is 324 Å². The summed E-state index contributed by atoms with van der Waals surface area (Å²) in [7, 11) is 0. The molecule has 1 aromatic heterocycles. The lowest BCUT2D eigenvalue weighted by molar-refractivity contribution is 0.259. The van der Waals surface area contributed by atoms with Crippen LogP contribution in [-0.2, 0) is 0 Å². The number of fused-ring (bicyclic) bond motifs is 7. The van der Waals surface area contributed by atoms with Gasteiger partial charge in [-0.25, -0.2) is 9.97 Å². The first-order valence-electron chi connectivity index (χ1n) is 36.1. The minimum absolute atomic E-state index is 0.641. The molecule has 0 unspecified atom stereocenters. The van der Waals surface area contributed by atoms with Gasteiger partial charge in [-0.05, 0) is 73.6 Å². The van der Waals surface area contributed by atoms with Crippen molar-refractivity contribution in [3.05, 3.63) is 36.4 Å². The minimum Gasteiger partial charge on any atom is -0.490 e. The Morgan fingerprint density at radius 3 is 0.571 bits per heavy atom. The van der Waals surface area contributed by atoms with E-state index in [0.29, 0.717) is 39.6 Å². The van der Waals surface area contributed by atoms with Crippen LogP contribution in [0.25, 0.3) is 43.6 Å². The summed E-state index contributed by atoms with van der Waals surface area (Å²) < 4.78 is 40.8. The van der Waals surface area contributed by atoms with E-state index in [1.807, 2.05) is 0 Å². The zero-order valence-corrected chi connectivity index (χ0v) is 55.2. The maximum absolute atomic E-state index is 6.82. The largest absolute Gasteiger partial charge is 0.490 e. The van der Waals surface area contributed by atoms with E-state index in [4.69, 9.17) is 38.4 Å². The van der Waals surface area contributed by atoms with Crippen molar-refractivity contribution in [3.8, 4) is 34.5 Å². The summed E-state index contributed by atoms with van der Waals surface area (Å²) in [5, 5.41) is 4.09. The molecule has 0 aliphatic carbocycles. The van der Waals surface area contributed by atoms with E-state index in [-0.39, 0.29) is 0 Å². The van der Waals surface area contributed by atoms with Gasteiger partial charge < -0.3 is 28.4 Å². The van der Waals surface area contributed by atoms with Crippen LogP contribution >= 0.6 is 0 Å². The fourth-order valence-corrected chi connectivity index (χ4v) is 11.9. The molecule has 0 saturated carbocycles. The first kappa shape index (κ1) is 70.6. The summed E-state index contributed by atoms with van der Waals surface area (Å²) in [6.45, 7) is 17.6. The fraction of sp³-hybridized carbons (Fsp3) is 0.737. The lowest BCUT2D eigenvalue weighted by Crippen LogP contribution is -2.05. The fourth-order valence-electron chi connectivity index (χ4n) is 11.9. The average Bonchev–Trinajstić information content (AvgIpc) is 1.02. The van der Waals surface area contributed by atoms with Gasteiger partial charge in [0.05, 0.1) is 61.7 Å². The molecular formula is C76H124N2O6. The van der Waals surface area contributed by atoms with Gasteiger partial charge in [-0.2, -0.15) is 0 Å². The highest BCUT2D eigenvalue weighted by Gasteiger charge is 2.22. The van der Waals surface area contributed by atoms with Crippen LogP contribution in [0, 0.1) is 0 Å². The number of rotatable bonds is 56. The highest BCUT2D eigenvalue weighted by atomic mass is 16.5. The lowest BCUT2D eigenvalue weighted by atomic mass is 9.97. The number of unbranched alkanes of at least 4 members (excludes halogenated alkanes) is 38. The van der Waals surface area contributed by atoms with E-state index in [0.717, 1.165) is 142 Å². The van der Waals surface area contributed by atoms with E-state index >= 15 is 0 Å². The standard InChI is InChI=1S/C76H124N2O6/c1-7-13-19-25-31-33-35-37-43-49-55-83-73-61-67-68(62-74(73)84-56-50-44-38-36-34-32-26-20-14-8-2)78-76-66-60-72(82-54-48-42-30-24-18-12-6)70(80-52-46-40-28-22-16-10-4)58-64(66)63-57-69(79-51-45-39-27-21-15-9-3)71(59-65(63)75(76)77-67)81-53-47-41-29-23-17-11-5/h57-62H,7-56H2,1-6H3. The molecule has 0 fully saturated rings. The van der Waals surface area contributed by atoms with Gasteiger partial charge in [0.25, 0.3) is 0 Å². The maximum Gasteiger partial charge on any atom is 0.163 e. The molecule has 5 aromatic rings. The van der Waals surface area contributed by atoms with Crippen molar-refractivity contribution in [1.82, 2.24) is 9.97 Å². The molecule has 0 radical (unpaired) electrons. The van der Waals surface area contributed by atoms with Crippen LogP contribution in [0.5, 0.6) is 34.5 Å².